The SMILES string of the molecule is O=C(CCCNC(=O)c1ccccc1Br)NN=Cc1ccc(O)cc1O. The van der Waals surface area contributed by atoms with Crippen molar-refractivity contribution in [1.29, 1.82) is 0 Å². The van der Waals surface area contributed by atoms with Gasteiger partial charge in [0.25, 0.3) is 5.91 Å². The summed E-state index contributed by atoms with van der Waals surface area (Å²) in [6.07, 6.45) is 1.93. The lowest BCUT2D eigenvalue weighted by Gasteiger charge is -2.06. The van der Waals surface area contributed by atoms with Crippen LogP contribution < -0.4 is 10.7 Å². The zero-order valence-electron chi connectivity index (χ0n) is 13.8. The Hall–Kier alpha value is -2.87. The Kier molecular flexibility index (Phi) is 7.16. The van der Waals surface area contributed by atoms with Gasteiger partial charge in [-0.15, -0.1) is 0 Å². The maximum Gasteiger partial charge on any atom is 0.252 e. The van der Waals surface area contributed by atoms with Crippen molar-refractivity contribution in [2.24, 2.45) is 5.10 Å². The predicted octanol–water partition coefficient (Wildman–Crippen LogP) is 2.52. The lowest BCUT2D eigenvalue weighted by Crippen LogP contribution is -2.26. The number of aromatic hydroxyl groups is 2. The first-order valence-electron chi connectivity index (χ1n) is 7.84. The summed E-state index contributed by atoms with van der Waals surface area (Å²) in [4.78, 5) is 23.7. The maximum atomic E-state index is 12.0. The highest BCUT2D eigenvalue weighted by molar-refractivity contribution is 9.10. The molecule has 0 heterocycles. The molecule has 0 aliphatic carbocycles. The van der Waals surface area contributed by atoms with E-state index in [2.05, 4.69) is 31.8 Å². The summed E-state index contributed by atoms with van der Waals surface area (Å²) in [5.74, 6) is -0.723. The van der Waals surface area contributed by atoms with Crippen LogP contribution in [-0.4, -0.2) is 34.8 Å². The highest BCUT2D eigenvalue weighted by Gasteiger charge is 2.08. The quantitative estimate of drug-likeness (QED) is 0.313. The van der Waals surface area contributed by atoms with Gasteiger partial charge in [-0.2, -0.15) is 5.10 Å². The predicted molar refractivity (Wildman–Crippen MR) is 101 cm³/mol. The molecule has 0 aromatic heterocycles. The fourth-order valence-corrected chi connectivity index (χ4v) is 2.53. The number of phenols is 2. The first-order chi connectivity index (χ1) is 12.5. The minimum Gasteiger partial charge on any atom is -0.508 e. The number of hydrogen-bond acceptors (Lipinski definition) is 5. The molecule has 0 saturated carbocycles. The van der Waals surface area contributed by atoms with Gasteiger partial charge in [-0.05, 0) is 46.6 Å². The van der Waals surface area contributed by atoms with Crippen molar-refractivity contribution in [2.75, 3.05) is 6.54 Å². The second-order valence-electron chi connectivity index (χ2n) is 5.38. The lowest BCUT2D eigenvalue weighted by atomic mass is 10.2. The van der Waals surface area contributed by atoms with E-state index in [4.69, 9.17) is 0 Å². The molecular weight excluding hydrogens is 402 g/mol. The third-order valence-electron chi connectivity index (χ3n) is 3.39. The van der Waals surface area contributed by atoms with Crippen LogP contribution in [0.2, 0.25) is 0 Å². The highest BCUT2D eigenvalue weighted by atomic mass is 79.9. The molecule has 2 aromatic rings. The number of benzene rings is 2. The summed E-state index contributed by atoms with van der Waals surface area (Å²) >= 11 is 3.31. The molecule has 0 aliphatic rings. The van der Waals surface area contributed by atoms with Crippen LogP contribution in [-0.2, 0) is 4.79 Å². The van der Waals surface area contributed by atoms with Crippen LogP contribution in [0.5, 0.6) is 11.5 Å². The second-order valence-corrected chi connectivity index (χ2v) is 6.23. The Morgan fingerprint density at radius 3 is 2.65 bits per heavy atom. The van der Waals surface area contributed by atoms with Crippen molar-refractivity contribution in [2.45, 2.75) is 12.8 Å². The molecular formula is C18H18BrN3O4. The molecule has 0 radical (unpaired) electrons. The number of carbonyl (C=O) groups excluding carboxylic acids is 2. The number of halogens is 1. The van der Waals surface area contributed by atoms with Gasteiger partial charge in [0.1, 0.15) is 11.5 Å². The van der Waals surface area contributed by atoms with Crippen molar-refractivity contribution in [3.8, 4) is 11.5 Å². The number of carbonyl (C=O) groups is 2. The molecule has 0 fully saturated rings. The van der Waals surface area contributed by atoms with E-state index in [-0.39, 0.29) is 29.7 Å². The fraction of sp³-hybridized carbons (Fsp3) is 0.167. The Morgan fingerprint density at radius 2 is 1.92 bits per heavy atom. The van der Waals surface area contributed by atoms with Crippen LogP contribution in [0, 0.1) is 0 Å². The largest absolute Gasteiger partial charge is 0.508 e. The summed E-state index contributed by atoms with van der Waals surface area (Å²) in [5.41, 5.74) is 3.24. The topological polar surface area (TPSA) is 111 Å². The van der Waals surface area contributed by atoms with Crippen molar-refractivity contribution >= 4 is 34.0 Å². The van der Waals surface area contributed by atoms with Gasteiger partial charge in [0.2, 0.25) is 5.91 Å². The van der Waals surface area contributed by atoms with Gasteiger partial charge in [0.15, 0.2) is 0 Å². The number of phenolic OH excluding ortho intramolecular Hbond substituents is 2. The molecule has 0 unspecified atom stereocenters. The third-order valence-corrected chi connectivity index (χ3v) is 4.08. The molecule has 2 amide bonds. The smallest absolute Gasteiger partial charge is 0.252 e. The van der Waals surface area contributed by atoms with Gasteiger partial charge in [-0.25, -0.2) is 5.43 Å². The Bertz CT molecular complexity index is 824. The van der Waals surface area contributed by atoms with Gasteiger partial charge < -0.3 is 15.5 Å². The second kappa shape index (κ2) is 9.57. The zero-order chi connectivity index (χ0) is 18.9. The molecule has 0 saturated heterocycles. The van der Waals surface area contributed by atoms with Crippen LogP contribution in [0.25, 0.3) is 0 Å². The number of rotatable bonds is 7. The molecule has 0 aliphatic heterocycles. The van der Waals surface area contributed by atoms with E-state index in [1.54, 1.807) is 18.2 Å². The van der Waals surface area contributed by atoms with Crippen LogP contribution in [0.1, 0.15) is 28.8 Å². The molecule has 4 N–H and O–H groups in total. The van der Waals surface area contributed by atoms with Crippen molar-refractivity contribution in [3.63, 3.8) is 0 Å². The number of hydrogen-bond donors (Lipinski definition) is 4. The minimum atomic E-state index is -0.311. The molecule has 2 rings (SSSR count). The number of nitrogens with zero attached hydrogens (tertiary/aromatic N) is 1. The van der Waals surface area contributed by atoms with Gasteiger partial charge in [-0.1, -0.05) is 12.1 Å². The molecule has 8 heteroatoms. The standard InChI is InChI=1S/C18H18BrN3O4/c19-15-5-2-1-4-14(15)18(26)20-9-3-6-17(25)22-21-11-12-7-8-13(23)10-16(12)24/h1-2,4-5,7-8,10-11,23-24H,3,6,9H2,(H,20,26)(H,22,25). The Morgan fingerprint density at radius 1 is 1.15 bits per heavy atom. The van der Waals surface area contributed by atoms with Crippen molar-refractivity contribution in [3.05, 3.63) is 58.1 Å². The van der Waals surface area contributed by atoms with E-state index in [1.807, 2.05) is 6.07 Å². The molecule has 0 spiro atoms. The van der Waals surface area contributed by atoms with Gasteiger partial charge in [0.05, 0.1) is 11.8 Å². The van der Waals surface area contributed by atoms with Crippen LogP contribution in [0.15, 0.2) is 52.0 Å². The lowest BCUT2D eigenvalue weighted by molar-refractivity contribution is -0.121. The third kappa shape index (κ3) is 5.89. The van der Waals surface area contributed by atoms with Crippen LogP contribution in [0.4, 0.5) is 0 Å². The zero-order valence-corrected chi connectivity index (χ0v) is 15.4. The van der Waals surface area contributed by atoms with Gasteiger partial charge >= 0.3 is 0 Å². The van der Waals surface area contributed by atoms with Crippen molar-refractivity contribution < 1.29 is 19.8 Å². The number of nitrogens with one attached hydrogen (secondary N) is 2. The molecule has 2 aromatic carbocycles. The van der Waals surface area contributed by atoms with Crippen molar-refractivity contribution in [1.82, 2.24) is 10.7 Å². The van der Waals surface area contributed by atoms with Gasteiger partial charge in [-0.3, -0.25) is 9.59 Å². The summed E-state index contributed by atoms with van der Waals surface area (Å²) < 4.78 is 0.710. The molecule has 7 nitrogen and oxygen atoms in total. The van der Waals surface area contributed by atoms with E-state index in [9.17, 15) is 19.8 Å². The first-order valence-corrected chi connectivity index (χ1v) is 8.63. The normalized spacial score (nSPS) is 10.7. The fourth-order valence-electron chi connectivity index (χ4n) is 2.06. The molecule has 0 atom stereocenters. The average Bonchev–Trinajstić information content (AvgIpc) is 2.61. The monoisotopic (exact) mass is 419 g/mol. The molecule has 0 bridgehead atoms. The van der Waals surface area contributed by atoms with E-state index in [0.717, 1.165) is 0 Å². The van der Waals surface area contributed by atoms with E-state index in [0.29, 0.717) is 28.6 Å². The van der Waals surface area contributed by atoms with E-state index in [1.165, 1.54) is 24.4 Å². The highest BCUT2D eigenvalue weighted by Crippen LogP contribution is 2.20. The summed E-state index contributed by atoms with van der Waals surface area (Å²) in [5, 5.41) is 25.3. The Balaban J connectivity index is 1.70. The summed E-state index contributed by atoms with van der Waals surface area (Å²) in [6, 6.07) is 11.1. The Labute approximate surface area is 158 Å². The summed E-state index contributed by atoms with van der Waals surface area (Å²) in [7, 11) is 0. The van der Waals surface area contributed by atoms with Crippen LogP contribution in [0.3, 0.4) is 0 Å². The van der Waals surface area contributed by atoms with Gasteiger partial charge in [0, 0.05) is 29.1 Å². The van der Waals surface area contributed by atoms with E-state index < -0.39 is 0 Å². The minimum absolute atomic E-state index is 0.0618. The number of amides is 2. The maximum absolute atomic E-state index is 12.0. The summed E-state index contributed by atoms with van der Waals surface area (Å²) in [6.45, 7) is 0.357. The van der Waals surface area contributed by atoms with Crippen LogP contribution >= 0.6 is 15.9 Å². The molecule has 136 valence electrons. The van der Waals surface area contributed by atoms with E-state index >= 15 is 0 Å². The number of hydrazone groups is 1. The average molecular weight is 420 g/mol. The first kappa shape index (κ1) is 19.5. The molecule has 26 heavy (non-hydrogen) atoms.